The molecule has 27 heavy (non-hydrogen) atoms. The number of aromatic nitrogens is 1. The van der Waals surface area contributed by atoms with Gasteiger partial charge >= 0.3 is 5.97 Å². The van der Waals surface area contributed by atoms with Crippen molar-refractivity contribution in [2.24, 2.45) is 5.92 Å². The van der Waals surface area contributed by atoms with Gasteiger partial charge in [0.1, 0.15) is 5.41 Å². The molecule has 0 radical (unpaired) electrons. The molecule has 1 aliphatic carbocycles. The number of H-pyrrole nitrogens is 1. The van der Waals surface area contributed by atoms with E-state index in [-0.39, 0.29) is 12.0 Å². The fraction of sp³-hybridized carbons (Fsp3) is 0.455. The number of fused-ring (bicyclic) bond motifs is 3. The van der Waals surface area contributed by atoms with E-state index in [1.807, 2.05) is 18.2 Å². The minimum absolute atomic E-state index is 0.0644. The van der Waals surface area contributed by atoms with Gasteiger partial charge in [0.05, 0.1) is 19.7 Å². The Bertz CT molecular complexity index is 1030. The first-order chi connectivity index (χ1) is 13.1. The second-order valence-corrected chi connectivity index (χ2v) is 7.99. The van der Waals surface area contributed by atoms with Crippen molar-refractivity contribution in [1.29, 1.82) is 0 Å². The van der Waals surface area contributed by atoms with Crippen LogP contribution in [0.25, 0.3) is 15.7 Å². The van der Waals surface area contributed by atoms with Gasteiger partial charge in [0.25, 0.3) is 0 Å². The lowest BCUT2D eigenvalue weighted by atomic mass is 9.60. The highest BCUT2D eigenvalue weighted by Crippen LogP contribution is 2.53. The van der Waals surface area contributed by atoms with Crippen molar-refractivity contribution in [3.05, 3.63) is 52.5 Å². The number of hydrogen-bond acceptors (Lipinski definition) is 3. The standard InChI is InChI=1S/C22H23N3O2/c1-4-14-9-13-11-22(21(26)27-3)19-16(7-8-25(12-13)20(14)22)17-10-15(23-2)5-6-18(17)24-19/h5-6,9-10,13,20,24H,4,7-8,11-12H2,1,3H3. The minimum Gasteiger partial charge on any atom is -0.468 e. The van der Waals surface area contributed by atoms with Gasteiger partial charge in [0, 0.05) is 24.3 Å². The van der Waals surface area contributed by atoms with Crippen LogP contribution in [0.1, 0.15) is 31.0 Å². The molecule has 4 heterocycles. The lowest BCUT2D eigenvalue weighted by Crippen LogP contribution is -2.63. The van der Waals surface area contributed by atoms with Crippen molar-refractivity contribution in [3.63, 3.8) is 0 Å². The molecular weight excluding hydrogens is 338 g/mol. The number of carbonyl (C=O) groups excluding carboxylic acids is 1. The van der Waals surface area contributed by atoms with Crippen LogP contribution in [0.3, 0.4) is 0 Å². The zero-order valence-corrected chi connectivity index (χ0v) is 15.7. The predicted octanol–water partition coefficient (Wildman–Crippen LogP) is 3.73. The van der Waals surface area contributed by atoms with Crippen molar-refractivity contribution in [2.75, 3.05) is 20.2 Å². The molecule has 1 aromatic heterocycles. The predicted molar refractivity (Wildman–Crippen MR) is 104 cm³/mol. The lowest BCUT2D eigenvalue weighted by Gasteiger charge is -2.53. The van der Waals surface area contributed by atoms with Gasteiger partial charge in [-0.2, -0.15) is 0 Å². The Morgan fingerprint density at radius 1 is 1.48 bits per heavy atom. The van der Waals surface area contributed by atoms with E-state index in [2.05, 4.69) is 27.7 Å². The van der Waals surface area contributed by atoms with Crippen LogP contribution in [0.5, 0.6) is 0 Å². The summed E-state index contributed by atoms with van der Waals surface area (Å²) in [5.41, 5.74) is 4.53. The summed E-state index contributed by atoms with van der Waals surface area (Å²) in [7, 11) is 1.50. The molecule has 1 saturated heterocycles. The highest BCUT2D eigenvalue weighted by molar-refractivity contribution is 5.93. The summed E-state index contributed by atoms with van der Waals surface area (Å²) in [6, 6.07) is 5.83. The molecule has 4 aliphatic rings. The van der Waals surface area contributed by atoms with Crippen LogP contribution in [0.4, 0.5) is 5.69 Å². The number of hydrogen-bond donors (Lipinski definition) is 1. The van der Waals surface area contributed by atoms with Gasteiger partial charge in [-0.15, -0.1) is 0 Å². The maximum atomic E-state index is 13.3. The van der Waals surface area contributed by atoms with Crippen LogP contribution < -0.4 is 0 Å². The van der Waals surface area contributed by atoms with E-state index in [1.165, 1.54) is 18.2 Å². The van der Waals surface area contributed by atoms with E-state index in [1.54, 1.807) is 0 Å². The number of methoxy groups -OCH3 is 1. The fourth-order valence-corrected chi connectivity index (χ4v) is 5.82. The van der Waals surface area contributed by atoms with Gasteiger partial charge in [0.2, 0.25) is 0 Å². The summed E-state index contributed by atoms with van der Waals surface area (Å²) in [5, 5.41) is 1.08. The molecule has 5 nitrogen and oxygen atoms in total. The summed E-state index contributed by atoms with van der Waals surface area (Å²) >= 11 is 0. The molecule has 0 saturated carbocycles. The van der Waals surface area contributed by atoms with Gasteiger partial charge in [-0.1, -0.05) is 24.6 Å². The number of piperidine rings is 1. The van der Waals surface area contributed by atoms with Gasteiger partial charge in [0.15, 0.2) is 5.69 Å². The summed E-state index contributed by atoms with van der Waals surface area (Å²) in [4.78, 5) is 23.0. The number of carbonyl (C=O) groups is 1. The first kappa shape index (κ1) is 16.6. The molecule has 4 bridgehead atoms. The molecule has 1 N–H and O–H groups in total. The van der Waals surface area contributed by atoms with Crippen LogP contribution >= 0.6 is 0 Å². The number of esters is 1. The van der Waals surface area contributed by atoms with Crippen LogP contribution in [0.15, 0.2) is 29.8 Å². The quantitative estimate of drug-likeness (QED) is 0.504. The topological polar surface area (TPSA) is 49.7 Å². The van der Waals surface area contributed by atoms with E-state index in [0.29, 0.717) is 11.6 Å². The largest absolute Gasteiger partial charge is 0.468 e. The van der Waals surface area contributed by atoms with Gasteiger partial charge in [-0.05, 0) is 48.3 Å². The number of ether oxygens (including phenoxy) is 1. The monoisotopic (exact) mass is 361 g/mol. The lowest BCUT2D eigenvalue weighted by molar-refractivity contribution is -0.153. The van der Waals surface area contributed by atoms with Gasteiger partial charge < -0.3 is 9.72 Å². The zero-order chi connectivity index (χ0) is 18.8. The number of benzene rings is 1. The molecule has 6 rings (SSSR count). The van der Waals surface area contributed by atoms with Gasteiger partial charge in [-0.3, -0.25) is 9.69 Å². The fourth-order valence-electron chi connectivity index (χ4n) is 5.82. The van der Waals surface area contributed by atoms with E-state index < -0.39 is 5.41 Å². The zero-order valence-electron chi connectivity index (χ0n) is 15.7. The Hall–Kier alpha value is -2.58. The molecule has 1 fully saturated rings. The second kappa shape index (κ2) is 5.71. The Morgan fingerprint density at radius 2 is 2.33 bits per heavy atom. The Balaban J connectivity index is 1.82. The molecule has 3 aliphatic heterocycles. The van der Waals surface area contributed by atoms with Crippen molar-refractivity contribution in [2.45, 2.75) is 37.6 Å². The van der Waals surface area contributed by atoms with Crippen LogP contribution in [0, 0.1) is 12.5 Å². The highest BCUT2D eigenvalue weighted by atomic mass is 16.5. The number of nitrogens with one attached hydrogen (secondary N) is 1. The van der Waals surface area contributed by atoms with Crippen molar-refractivity contribution >= 4 is 22.6 Å². The SMILES string of the molecule is [C-]#[N+]c1ccc2[nH]c3c(c2c1)CCN1CC2C=C(CC)C1C3(C(=O)OC)C2. The third kappa shape index (κ3) is 2.05. The highest BCUT2D eigenvalue weighted by Gasteiger charge is 2.60. The number of rotatable bonds is 2. The molecule has 1 aromatic carbocycles. The van der Waals surface area contributed by atoms with E-state index in [9.17, 15) is 4.79 Å². The first-order valence-corrected chi connectivity index (χ1v) is 9.68. The summed E-state index contributed by atoms with van der Waals surface area (Å²) in [5.74, 6) is 0.238. The summed E-state index contributed by atoms with van der Waals surface area (Å²) in [6.07, 6.45) is 5.02. The minimum atomic E-state index is -0.680. The molecule has 5 heteroatoms. The Kier molecular flexibility index (Phi) is 3.50. The molecule has 0 amide bonds. The Morgan fingerprint density at radius 3 is 3.07 bits per heavy atom. The van der Waals surface area contributed by atoms with E-state index in [0.717, 1.165) is 48.9 Å². The van der Waals surface area contributed by atoms with Crippen LogP contribution in [-0.2, 0) is 21.4 Å². The molecule has 4 atom stereocenters. The molecular formula is C22H23N3O2. The third-order valence-corrected chi connectivity index (χ3v) is 6.76. The summed E-state index contributed by atoms with van der Waals surface area (Å²) < 4.78 is 5.40. The van der Waals surface area contributed by atoms with E-state index in [4.69, 9.17) is 11.3 Å². The third-order valence-electron chi connectivity index (χ3n) is 6.76. The van der Waals surface area contributed by atoms with Crippen molar-refractivity contribution in [1.82, 2.24) is 9.88 Å². The van der Waals surface area contributed by atoms with Crippen molar-refractivity contribution < 1.29 is 9.53 Å². The van der Waals surface area contributed by atoms with Gasteiger partial charge in [-0.25, -0.2) is 4.85 Å². The number of nitrogens with zero attached hydrogens (tertiary/aromatic N) is 2. The average Bonchev–Trinajstić information content (AvgIpc) is 3.04. The first-order valence-electron chi connectivity index (χ1n) is 9.68. The van der Waals surface area contributed by atoms with Crippen LogP contribution in [-0.4, -0.2) is 42.1 Å². The average molecular weight is 361 g/mol. The Labute approximate surface area is 158 Å². The smallest absolute Gasteiger partial charge is 0.319 e. The number of aromatic amines is 1. The molecule has 0 spiro atoms. The van der Waals surface area contributed by atoms with Crippen molar-refractivity contribution in [3.8, 4) is 0 Å². The maximum Gasteiger partial charge on any atom is 0.319 e. The molecule has 138 valence electrons. The maximum absolute atomic E-state index is 13.3. The van der Waals surface area contributed by atoms with E-state index >= 15 is 0 Å². The normalized spacial score (nSPS) is 31.0. The second-order valence-electron chi connectivity index (χ2n) is 7.99. The molecule has 4 unspecified atom stereocenters. The summed E-state index contributed by atoms with van der Waals surface area (Å²) in [6.45, 7) is 11.5. The molecule has 2 aromatic rings. The van der Waals surface area contributed by atoms with Crippen LogP contribution in [0.2, 0.25) is 0 Å².